The van der Waals surface area contributed by atoms with Gasteiger partial charge >= 0.3 is 5.97 Å². The molecule has 4 N–H and O–H groups in total. The minimum Gasteiger partial charge on any atom is -0.478 e. The molecule has 0 atom stereocenters. The number of carbonyl (C=O) groups is 2. The first kappa shape index (κ1) is 13.5. The minimum atomic E-state index is -1.12. The topological polar surface area (TPSA) is 93.7 Å². The number of aromatic carboxylic acids is 1. The molecule has 7 heteroatoms. The lowest BCUT2D eigenvalue weighted by molar-refractivity contribution is -0.125. The molecule has 0 fully saturated rings. The molecule has 0 saturated heterocycles. The first-order chi connectivity index (χ1) is 9.01. The van der Waals surface area contributed by atoms with Gasteiger partial charge in [-0.25, -0.2) is 15.2 Å². The van der Waals surface area contributed by atoms with E-state index in [1.807, 2.05) is 0 Å². The molecule has 1 aromatic carbocycles. The molecule has 1 aromatic rings. The van der Waals surface area contributed by atoms with Crippen LogP contribution in [0.1, 0.15) is 15.9 Å². The van der Waals surface area contributed by atoms with Gasteiger partial charge in [0.05, 0.1) is 11.3 Å². The van der Waals surface area contributed by atoms with Crippen molar-refractivity contribution in [1.29, 1.82) is 0 Å². The molecule has 0 bridgehead atoms. The highest BCUT2D eigenvalue weighted by molar-refractivity contribution is 6.07. The summed E-state index contributed by atoms with van der Waals surface area (Å²) in [5.74, 6) is -1.27. The molecule has 2 rings (SSSR count). The molecule has 1 aliphatic heterocycles. The normalized spacial score (nSPS) is 16.6. The average Bonchev–Trinajstić information content (AvgIpc) is 2.66. The number of benzene rings is 1. The molecular weight excluding hydrogens is 248 g/mol. The second kappa shape index (κ2) is 4.61. The van der Waals surface area contributed by atoms with Crippen LogP contribution in [0.3, 0.4) is 0 Å². The maximum Gasteiger partial charge on any atom is 0.335 e. The maximum absolute atomic E-state index is 12.4. The number of amides is 1. The summed E-state index contributed by atoms with van der Waals surface area (Å²) in [4.78, 5) is 23.5. The van der Waals surface area contributed by atoms with E-state index < -0.39 is 11.6 Å². The van der Waals surface area contributed by atoms with Gasteiger partial charge in [-0.3, -0.25) is 15.4 Å². The van der Waals surface area contributed by atoms with Gasteiger partial charge in [-0.1, -0.05) is 0 Å². The van der Waals surface area contributed by atoms with Gasteiger partial charge in [-0.15, -0.1) is 0 Å². The van der Waals surface area contributed by atoms with E-state index in [2.05, 4.69) is 16.1 Å². The number of likely N-dealkylation sites (N-methyl/N-ethyl adjacent to an activating group) is 2. The Labute approximate surface area is 110 Å². The number of hydrazine groups is 1. The zero-order valence-electron chi connectivity index (χ0n) is 10.9. The molecule has 0 radical (unpaired) electrons. The van der Waals surface area contributed by atoms with E-state index in [9.17, 15) is 9.59 Å². The van der Waals surface area contributed by atoms with Crippen molar-refractivity contribution < 1.29 is 14.7 Å². The van der Waals surface area contributed by atoms with Gasteiger partial charge in [0.1, 0.15) is 0 Å². The highest BCUT2D eigenvalue weighted by atomic mass is 16.4. The van der Waals surface area contributed by atoms with Gasteiger partial charge in [0.15, 0.2) is 5.66 Å². The van der Waals surface area contributed by atoms with Crippen LogP contribution in [0.25, 0.3) is 0 Å². The van der Waals surface area contributed by atoms with E-state index in [-0.39, 0.29) is 11.5 Å². The highest BCUT2D eigenvalue weighted by Crippen LogP contribution is 2.37. The smallest absolute Gasteiger partial charge is 0.335 e. The number of hydrogen-bond donors (Lipinski definition) is 4. The Hall–Kier alpha value is -1.96. The van der Waals surface area contributed by atoms with Gasteiger partial charge in [-0.05, 0) is 32.3 Å². The molecule has 1 aliphatic rings. The van der Waals surface area contributed by atoms with Gasteiger partial charge in [0, 0.05) is 12.6 Å². The molecular formula is C12H16N4O3. The Morgan fingerprint density at radius 3 is 2.37 bits per heavy atom. The third-order valence-corrected chi connectivity index (χ3v) is 3.39. The molecule has 1 heterocycles. The molecule has 0 spiro atoms. The van der Waals surface area contributed by atoms with Crippen molar-refractivity contribution in [3.8, 4) is 0 Å². The summed E-state index contributed by atoms with van der Waals surface area (Å²) < 4.78 is 0. The van der Waals surface area contributed by atoms with Crippen LogP contribution in [0, 0.1) is 0 Å². The number of nitrogens with zero attached hydrogens (tertiary/aromatic N) is 1. The number of carboxylic acid groups (broad SMARTS) is 1. The summed E-state index contributed by atoms with van der Waals surface area (Å²) >= 11 is 0. The van der Waals surface area contributed by atoms with Crippen LogP contribution in [0.15, 0.2) is 18.2 Å². The third-order valence-electron chi connectivity index (χ3n) is 3.39. The molecule has 0 aliphatic carbocycles. The second-order valence-corrected chi connectivity index (χ2v) is 4.15. The number of fused-ring (bicyclic) bond motifs is 1. The van der Waals surface area contributed by atoms with E-state index in [4.69, 9.17) is 5.11 Å². The first-order valence-electron chi connectivity index (χ1n) is 5.79. The standard InChI is InChI=1S/C12H16N4O3/c1-13-12(14-2)8-6-7(10(17)18)4-5-9(8)16(15-3)11(12)19/h4-6,13-15H,1-3H3,(H,17,18). The molecule has 19 heavy (non-hydrogen) atoms. The zero-order chi connectivity index (χ0) is 14.2. The van der Waals surface area contributed by atoms with Crippen molar-refractivity contribution in [2.75, 3.05) is 26.2 Å². The molecule has 0 aromatic heterocycles. The van der Waals surface area contributed by atoms with Crippen LogP contribution in [0.2, 0.25) is 0 Å². The summed E-state index contributed by atoms with van der Waals surface area (Å²) in [5.41, 5.74) is 3.02. The number of carboxylic acids is 1. The lowest BCUT2D eigenvalue weighted by Crippen LogP contribution is -2.59. The minimum absolute atomic E-state index is 0.138. The van der Waals surface area contributed by atoms with Crippen molar-refractivity contribution in [2.24, 2.45) is 0 Å². The monoisotopic (exact) mass is 264 g/mol. The third kappa shape index (κ3) is 1.71. The van der Waals surface area contributed by atoms with Crippen molar-refractivity contribution >= 4 is 17.6 Å². The fraction of sp³-hybridized carbons (Fsp3) is 0.333. The summed E-state index contributed by atoms with van der Waals surface area (Å²) in [7, 11) is 4.92. The lowest BCUT2D eigenvalue weighted by atomic mass is 9.99. The Morgan fingerprint density at radius 2 is 1.89 bits per heavy atom. The number of hydrogen-bond acceptors (Lipinski definition) is 5. The number of nitrogens with one attached hydrogen (secondary N) is 3. The van der Waals surface area contributed by atoms with Crippen LogP contribution in [0.4, 0.5) is 5.69 Å². The highest BCUT2D eigenvalue weighted by Gasteiger charge is 2.49. The van der Waals surface area contributed by atoms with Crippen LogP contribution in [-0.2, 0) is 10.5 Å². The van der Waals surface area contributed by atoms with E-state index >= 15 is 0 Å². The average molecular weight is 264 g/mol. The van der Waals surface area contributed by atoms with Crippen molar-refractivity contribution in [1.82, 2.24) is 16.1 Å². The Balaban J connectivity index is 2.68. The number of anilines is 1. The fourth-order valence-electron chi connectivity index (χ4n) is 2.39. The SMILES string of the molecule is CNN1C(=O)C(NC)(NC)c2cc(C(=O)O)ccc21. The van der Waals surface area contributed by atoms with Gasteiger partial charge in [0.2, 0.25) is 0 Å². The van der Waals surface area contributed by atoms with Crippen LogP contribution < -0.4 is 21.1 Å². The van der Waals surface area contributed by atoms with Crippen LogP contribution in [-0.4, -0.2) is 38.1 Å². The molecule has 0 saturated carbocycles. The van der Waals surface area contributed by atoms with Gasteiger partial charge < -0.3 is 5.11 Å². The van der Waals surface area contributed by atoms with Crippen molar-refractivity contribution in [3.05, 3.63) is 29.3 Å². The van der Waals surface area contributed by atoms with E-state index in [1.54, 1.807) is 27.2 Å². The summed E-state index contributed by atoms with van der Waals surface area (Å²) in [6, 6.07) is 4.59. The van der Waals surface area contributed by atoms with Crippen LogP contribution >= 0.6 is 0 Å². The Kier molecular flexibility index (Phi) is 3.27. The predicted molar refractivity (Wildman–Crippen MR) is 69.7 cm³/mol. The molecule has 102 valence electrons. The summed E-state index contributed by atoms with van der Waals surface area (Å²) in [6.07, 6.45) is 0. The molecule has 0 unspecified atom stereocenters. The largest absolute Gasteiger partial charge is 0.478 e. The summed E-state index contributed by atoms with van der Waals surface area (Å²) in [6.45, 7) is 0. The van der Waals surface area contributed by atoms with Gasteiger partial charge in [0.25, 0.3) is 5.91 Å². The quantitative estimate of drug-likeness (QED) is 0.546. The van der Waals surface area contributed by atoms with E-state index in [1.165, 1.54) is 17.1 Å². The lowest BCUT2D eigenvalue weighted by Gasteiger charge is -2.27. The van der Waals surface area contributed by atoms with Crippen LogP contribution in [0.5, 0.6) is 0 Å². The molecule has 1 amide bonds. The molecule has 7 nitrogen and oxygen atoms in total. The van der Waals surface area contributed by atoms with E-state index in [0.717, 1.165) is 0 Å². The first-order valence-corrected chi connectivity index (χ1v) is 5.79. The predicted octanol–water partition coefficient (Wildman–Crippen LogP) is -0.543. The van der Waals surface area contributed by atoms with E-state index in [0.29, 0.717) is 11.3 Å². The maximum atomic E-state index is 12.4. The Bertz CT molecular complexity index is 540. The second-order valence-electron chi connectivity index (χ2n) is 4.15. The summed E-state index contributed by atoms with van der Waals surface area (Å²) in [5, 5.41) is 16.3. The van der Waals surface area contributed by atoms with Gasteiger partial charge in [-0.2, -0.15) is 0 Å². The Morgan fingerprint density at radius 1 is 1.26 bits per heavy atom. The number of carbonyl (C=O) groups excluding carboxylic acids is 1. The fourth-order valence-corrected chi connectivity index (χ4v) is 2.39. The zero-order valence-corrected chi connectivity index (χ0v) is 10.9. The number of rotatable bonds is 4. The van der Waals surface area contributed by atoms with Crippen molar-refractivity contribution in [2.45, 2.75) is 5.66 Å². The van der Waals surface area contributed by atoms with Crippen molar-refractivity contribution in [3.63, 3.8) is 0 Å².